The van der Waals surface area contributed by atoms with E-state index in [2.05, 4.69) is 23.0 Å². The van der Waals surface area contributed by atoms with Crippen LogP contribution in [0.2, 0.25) is 0 Å². The van der Waals surface area contributed by atoms with Gasteiger partial charge >= 0.3 is 0 Å². The molecular formula is C14H16N4S. The largest absolute Gasteiger partial charge is 0.322 e. The van der Waals surface area contributed by atoms with Crippen molar-refractivity contribution in [3.8, 4) is 0 Å². The second kappa shape index (κ2) is 5.11. The van der Waals surface area contributed by atoms with Crippen molar-refractivity contribution in [2.75, 3.05) is 0 Å². The van der Waals surface area contributed by atoms with Crippen molar-refractivity contribution in [2.24, 2.45) is 5.73 Å². The van der Waals surface area contributed by atoms with Gasteiger partial charge in [0.2, 0.25) is 0 Å². The fraction of sp³-hybridized carbons (Fsp3) is 0.286. The summed E-state index contributed by atoms with van der Waals surface area (Å²) in [6.45, 7) is 2.12. The lowest BCUT2D eigenvalue weighted by Gasteiger charge is -2.13. The molecule has 1 atom stereocenters. The molecule has 3 heterocycles. The molecule has 3 aromatic rings. The van der Waals surface area contributed by atoms with E-state index in [1.165, 1.54) is 5.56 Å². The molecule has 2 N–H and O–H groups in total. The van der Waals surface area contributed by atoms with E-state index in [4.69, 9.17) is 5.73 Å². The minimum atomic E-state index is -0.0965. The van der Waals surface area contributed by atoms with Crippen LogP contribution in [0, 0.1) is 0 Å². The van der Waals surface area contributed by atoms with Crippen molar-refractivity contribution in [2.45, 2.75) is 25.8 Å². The highest BCUT2D eigenvalue weighted by Crippen LogP contribution is 2.19. The number of hydrogen-bond acceptors (Lipinski definition) is 4. The van der Waals surface area contributed by atoms with Gasteiger partial charge in [-0.2, -0.15) is 0 Å². The second-order valence-electron chi connectivity index (χ2n) is 4.54. The lowest BCUT2D eigenvalue weighted by atomic mass is 10.0. The Morgan fingerprint density at radius 1 is 1.47 bits per heavy atom. The lowest BCUT2D eigenvalue weighted by molar-refractivity contribution is 0.676. The van der Waals surface area contributed by atoms with E-state index in [1.807, 2.05) is 28.2 Å². The zero-order valence-electron chi connectivity index (χ0n) is 10.8. The number of pyridine rings is 1. The monoisotopic (exact) mass is 272 g/mol. The van der Waals surface area contributed by atoms with Crippen LogP contribution in [0.4, 0.5) is 0 Å². The minimum absolute atomic E-state index is 0.0965. The van der Waals surface area contributed by atoms with Gasteiger partial charge in [-0.1, -0.05) is 13.0 Å². The van der Waals surface area contributed by atoms with E-state index in [1.54, 1.807) is 17.5 Å². The van der Waals surface area contributed by atoms with Crippen molar-refractivity contribution >= 4 is 16.3 Å². The molecule has 0 radical (unpaired) electrons. The molecule has 0 fully saturated rings. The van der Waals surface area contributed by atoms with Gasteiger partial charge in [0, 0.05) is 30.4 Å². The number of hydrogen-bond donors (Lipinski definition) is 1. The van der Waals surface area contributed by atoms with Crippen molar-refractivity contribution < 1.29 is 0 Å². The summed E-state index contributed by atoms with van der Waals surface area (Å²) in [5, 5.41) is 2.03. The van der Waals surface area contributed by atoms with Gasteiger partial charge < -0.3 is 5.73 Å². The first-order valence-corrected chi connectivity index (χ1v) is 7.26. The third-order valence-corrected chi connectivity index (χ3v) is 4.00. The molecule has 0 saturated heterocycles. The summed E-state index contributed by atoms with van der Waals surface area (Å²) >= 11 is 1.63. The fourth-order valence-electron chi connectivity index (χ4n) is 2.28. The van der Waals surface area contributed by atoms with E-state index >= 15 is 0 Å². The molecule has 0 bridgehead atoms. The first kappa shape index (κ1) is 12.3. The van der Waals surface area contributed by atoms with E-state index in [-0.39, 0.29) is 6.04 Å². The smallest absolute Gasteiger partial charge is 0.193 e. The van der Waals surface area contributed by atoms with Gasteiger partial charge in [0.1, 0.15) is 0 Å². The summed E-state index contributed by atoms with van der Waals surface area (Å²) in [5.74, 6) is 0. The molecule has 0 aliphatic rings. The number of nitrogens with zero attached hydrogens (tertiary/aromatic N) is 3. The van der Waals surface area contributed by atoms with Crippen molar-refractivity contribution in [1.29, 1.82) is 0 Å². The maximum absolute atomic E-state index is 6.29. The standard InChI is InChI=1S/C14H16N4S/c1-2-10-4-3-5-16-13(10)12(15)8-11-9-18-6-7-19-14(18)17-11/h3-7,9,12H,2,8,15H2,1H3. The first-order valence-electron chi connectivity index (χ1n) is 6.38. The average Bonchev–Trinajstić information content (AvgIpc) is 2.99. The summed E-state index contributed by atoms with van der Waals surface area (Å²) < 4.78 is 2.03. The number of thiazole rings is 1. The predicted octanol–water partition coefficient (Wildman–Crippen LogP) is 2.60. The van der Waals surface area contributed by atoms with Gasteiger partial charge in [-0.05, 0) is 18.1 Å². The third kappa shape index (κ3) is 2.39. The van der Waals surface area contributed by atoms with Crippen LogP contribution >= 0.6 is 11.3 Å². The Bertz CT molecular complexity index is 657. The molecule has 0 aliphatic heterocycles. The van der Waals surface area contributed by atoms with Crippen LogP contribution in [0.25, 0.3) is 4.96 Å². The van der Waals surface area contributed by atoms with Crippen LogP contribution in [-0.2, 0) is 12.8 Å². The Labute approximate surface area is 115 Å². The zero-order chi connectivity index (χ0) is 13.2. The highest BCUT2D eigenvalue weighted by molar-refractivity contribution is 7.15. The maximum Gasteiger partial charge on any atom is 0.193 e. The fourth-order valence-corrected chi connectivity index (χ4v) is 3.00. The Balaban J connectivity index is 1.84. The molecule has 1 unspecified atom stereocenters. The highest BCUT2D eigenvalue weighted by atomic mass is 32.1. The summed E-state index contributed by atoms with van der Waals surface area (Å²) in [5.41, 5.74) is 9.51. The first-order chi connectivity index (χ1) is 9.28. The normalized spacial score (nSPS) is 12.9. The Morgan fingerprint density at radius 2 is 2.37 bits per heavy atom. The van der Waals surface area contributed by atoms with E-state index in [0.29, 0.717) is 0 Å². The molecule has 3 rings (SSSR count). The minimum Gasteiger partial charge on any atom is -0.322 e. The number of aryl methyl sites for hydroxylation is 1. The molecule has 0 aliphatic carbocycles. The van der Waals surface area contributed by atoms with E-state index in [9.17, 15) is 0 Å². The number of fused-ring (bicyclic) bond motifs is 1. The summed E-state index contributed by atoms with van der Waals surface area (Å²) in [4.78, 5) is 10.0. The van der Waals surface area contributed by atoms with Crippen molar-refractivity contribution in [1.82, 2.24) is 14.4 Å². The van der Waals surface area contributed by atoms with E-state index in [0.717, 1.165) is 29.2 Å². The van der Waals surface area contributed by atoms with Gasteiger partial charge in [-0.25, -0.2) is 4.98 Å². The molecule has 19 heavy (non-hydrogen) atoms. The lowest BCUT2D eigenvalue weighted by Crippen LogP contribution is -2.17. The molecule has 0 spiro atoms. The van der Waals surface area contributed by atoms with Crippen LogP contribution < -0.4 is 5.73 Å². The van der Waals surface area contributed by atoms with Gasteiger partial charge in [-0.15, -0.1) is 11.3 Å². The van der Waals surface area contributed by atoms with Gasteiger partial charge in [-0.3, -0.25) is 9.38 Å². The van der Waals surface area contributed by atoms with Gasteiger partial charge in [0.05, 0.1) is 17.4 Å². The summed E-state index contributed by atoms with van der Waals surface area (Å²) in [7, 11) is 0. The number of aromatic nitrogens is 3. The van der Waals surface area contributed by atoms with E-state index < -0.39 is 0 Å². The Morgan fingerprint density at radius 3 is 3.16 bits per heavy atom. The molecule has 3 aromatic heterocycles. The predicted molar refractivity (Wildman–Crippen MR) is 77.3 cm³/mol. The quantitative estimate of drug-likeness (QED) is 0.794. The van der Waals surface area contributed by atoms with Gasteiger partial charge in [0.15, 0.2) is 4.96 Å². The molecule has 98 valence electrons. The van der Waals surface area contributed by atoms with Crippen LogP contribution in [0.3, 0.4) is 0 Å². The molecule has 5 heteroatoms. The highest BCUT2D eigenvalue weighted by Gasteiger charge is 2.14. The number of rotatable bonds is 4. The maximum atomic E-state index is 6.29. The van der Waals surface area contributed by atoms with Gasteiger partial charge in [0.25, 0.3) is 0 Å². The number of imidazole rings is 1. The van der Waals surface area contributed by atoms with Crippen LogP contribution in [0.1, 0.15) is 29.9 Å². The number of nitrogens with two attached hydrogens (primary N) is 1. The van der Waals surface area contributed by atoms with Crippen LogP contribution in [0.15, 0.2) is 36.1 Å². The zero-order valence-corrected chi connectivity index (χ0v) is 11.6. The van der Waals surface area contributed by atoms with Crippen LogP contribution in [0.5, 0.6) is 0 Å². The van der Waals surface area contributed by atoms with Crippen molar-refractivity contribution in [3.63, 3.8) is 0 Å². The Hall–Kier alpha value is -1.72. The average molecular weight is 272 g/mol. The molecule has 0 aromatic carbocycles. The summed E-state index contributed by atoms with van der Waals surface area (Å²) in [6.07, 6.45) is 7.54. The molecule has 4 nitrogen and oxygen atoms in total. The topological polar surface area (TPSA) is 56.2 Å². The second-order valence-corrected chi connectivity index (χ2v) is 5.41. The summed E-state index contributed by atoms with van der Waals surface area (Å²) in [6, 6.07) is 3.95. The molecular weight excluding hydrogens is 256 g/mol. The molecule has 0 saturated carbocycles. The SMILES string of the molecule is CCc1cccnc1C(N)Cc1cn2ccsc2n1. The third-order valence-electron chi connectivity index (χ3n) is 3.23. The van der Waals surface area contributed by atoms with Crippen molar-refractivity contribution in [3.05, 3.63) is 53.1 Å². The van der Waals surface area contributed by atoms with Crippen LogP contribution in [-0.4, -0.2) is 14.4 Å². The Kier molecular flexibility index (Phi) is 3.31. The molecule has 0 amide bonds.